The highest BCUT2D eigenvalue weighted by Gasteiger charge is 2.41. The number of carbonyl (C=O) groups is 1. The zero-order chi connectivity index (χ0) is 56.5. The summed E-state index contributed by atoms with van der Waals surface area (Å²) in [6.07, 6.45) is 21.4. The molecular weight excluding hydrogens is 1220 g/mol. The minimum atomic E-state index is -0.208. The third kappa shape index (κ3) is 13.5. The standard InChI is InChI=1S/C36H37N5O3.C28H31N5O.BBr3/c37-33-32-31(27-11-13-30(14-12-27)44-29-9-5-2-6-10-29)23-41(34(32)39-25-38-33)28-15-17-36(18-16-28)19-21-40(22-20-36)35(42)43-24-26-7-3-1-4-8-26;29-26-25-24(20-6-8-23(9-7-20)34-22-4-2-1-3-5-22)18-33(27(25)32-19-31-26)21-10-12-28(13-11-21)14-16-30-17-15-28;2-1(3)4/h1-14,23,25,28H,15-22,24H2,(H2,37,38,39);1-9,18-19,21,30H,10-17H2,(H2,29,31,32);. The van der Waals surface area contributed by atoms with Gasteiger partial charge in [-0.2, -0.15) is 0 Å². The van der Waals surface area contributed by atoms with Crippen LogP contribution in [0.1, 0.15) is 94.7 Å². The summed E-state index contributed by atoms with van der Waals surface area (Å²) in [5.74, 6) is 4.25. The van der Waals surface area contributed by atoms with Gasteiger partial charge in [-0.05, 0) is 166 Å². The van der Waals surface area contributed by atoms with E-state index >= 15 is 0 Å². The first-order valence-corrected chi connectivity index (χ1v) is 31.2. The summed E-state index contributed by atoms with van der Waals surface area (Å²) in [7, 11) is 0. The minimum Gasteiger partial charge on any atom is -0.457 e. The first kappa shape index (κ1) is 57.1. The van der Waals surface area contributed by atoms with Crippen molar-refractivity contribution in [2.24, 2.45) is 10.8 Å². The number of likely N-dealkylation sites (tertiary alicyclic amines) is 1. The molecule has 4 fully saturated rings. The number of nitrogens with zero attached hydrogens (tertiary/aromatic N) is 7. The van der Waals surface area contributed by atoms with Gasteiger partial charge in [0.15, 0.2) is 0 Å². The number of aromatic nitrogens is 6. The largest absolute Gasteiger partial charge is 0.457 e. The van der Waals surface area contributed by atoms with Crippen LogP contribution in [0.2, 0.25) is 0 Å². The van der Waals surface area contributed by atoms with Gasteiger partial charge >= 0.3 is 9.28 Å². The van der Waals surface area contributed by atoms with Gasteiger partial charge in [-0.1, -0.05) is 91.0 Å². The highest BCUT2D eigenvalue weighted by molar-refractivity contribution is 9.69. The van der Waals surface area contributed by atoms with E-state index in [1.807, 2.05) is 120 Å². The molecule has 4 aliphatic rings. The van der Waals surface area contributed by atoms with Gasteiger partial charge in [0, 0.05) is 48.7 Å². The molecule has 0 unspecified atom stereocenters. The Bertz CT molecular complexity index is 3520. The summed E-state index contributed by atoms with van der Waals surface area (Å²) >= 11 is 9.31. The Morgan fingerprint density at radius 2 is 0.927 bits per heavy atom. The summed E-state index contributed by atoms with van der Waals surface area (Å²) in [5.41, 5.74) is 20.7. The number of fused-ring (bicyclic) bond motifs is 2. The van der Waals surface area contributed by atoms with E-state index < -0.39 is 0 Å². The lowest BCUT2D eigenvalue weighted by molar-refractivity contribution is 0.0384. The lowest BCUT2D eigenvalue weighted by Crippen LogP contribution is -2.44. The fraction of sp³-hybridized carbons (Fsp3) is 0.328. The average molecular weight is 1290 g/mol. The summed E-state index contributed by atoms with van der Waals surface area (Å²) in [4.78, 5) is 32.6. The number of carbonyl (C=O) groups excluding carboxylic acids is 1. The van der Waals surface area contributed by atoms with Crippen molar-refractivity contribution in [1.82, 2.24) is 39.3 Å². The van der Waals surface area contributed by atoms with Crippen LogP contribution in [0.5, 0.6) is 23.0 Å². The second kappa shape index (κ2) is 26.2. The van der Waals surface area contributed by atoms with Crippen molar-refractivity contribution < 1.29 is 19.0 Å². The number of rotatable bonds is 10. The molecule has 0 bridgehead atoms. The van der Waals surface area contributed by atoms with Gasteiger partial charge in [0.1, 0.15) is 65.2 Å². The summed E-state index contributed by atoms with van der Waals surface area (Å²) in [6, 6.07) is 46.5. The smallest absolute Gasteiger partial charge is 0.410 e. The molecule has 18 heteroatoms. The predicted octanol–water partition coefficient (Wildman–Crippen LogP) is 16.1. The molecule has 14 nitrogen and oxygen atoms in total. The number of benzene rings is 5. The van der Waals surface area contributed by atoms with Crippen LogP contribution in [0.3, 0.4) is 0 Å². The molecule has 6 heterocycles. The van der Waals surface area contributed by atoms with Crippen LogP contribution in [0.15, 0.2) is 165 Å². The van der Waals surface area contributed by atoms with Crippen LogP contribution < -0.4 is 26.3 Å². The first-order chi connectivity index (χ1) is 40.0. The molecule has 13 rings (SSSR count). The van der Waals surface area contributed by atoms with E-state index in [0.717, 1.165) is 138 Å². The van der Waals surface area contributed by atoms with E-state index in [1.54, 1.807) is 12.7 Å². The number of nitrogens with two attached hydrogens (primary N) is 2. The molecule has 5 aromatic carbocycles. The third-order valence-corrected chi connectivity index (χ3v) is 17.3. The summed E-state index contributed by atoms with van der Waals surface area (Å²) < 4.78 is 22.5. The highest BCUT2D eigenvalue weighted by Crippen LogP contribution is 2.50. The Balaban J connectivity index is 0.000000166. The van der Waals surface area contributed by atoms with E-state index in [2.05, 4.69) is 113 Å². The predicted molar refractivity (Wildman–Crippen MR) is 340 cm³/mol. The van der Waals surface area contributed by atoms with E-state index in [0.29, 0.717) is 35.7 Å². The highest BCUT2D eigenvalue weighted by atomic mass is 79.9. The number of para-hydroxylation sites is 2. The molecule has 2 saturated carbocycles. The number of hydrogen-bond donors (Lipinski definition) is 3. The van der Waals surface area contributed by atoms with Gasteiger partial charge in [-0.3, -0.25) is 0 Å². The molecule has 2 aliphatic carbocycles. The Hall–Kier alpha value is -6.73. The second-order valence-corrected chi connectivity index (χ2v) is 28.6. The fourth-order valence-electron chi connectivity index (χ4n) is 12.8. The van der Waals surface area contributed by atoms with Gasteiger partial charge in [-0.15, -0.1) is 47.3 Å². The van der Waals surface area contributed by atoms with Crippen LogP contribution in [0.4, 0.5) is 16.4 Å². The average Bonchev–Trinajstić information content (AvgIpc) is 4.32. The lowest BCUT2D eigenvalue weighted by Gasteiger charge is -2.45. The van der Waals surface area contributed by atoms with Gasteiger partial charge in [0.25, 0.3) is 0 Å². The number of ether oxygens (including phenoxy) is 3. The summed E-state index contributed by atoms with van der Waals surface area (Å²) in [6.45, 7) is 4.14. The van der Waals surface area contributed by atoms with Crippen molar-refractivity contribution in [3.05, 3.63) is 170 Å². The Morgan fingerprint density at radius 1 is 0.537 bits per heavy atom. The SMILES string of the molecule is BrB(Br)Br.Nc1ncnc2c1c(-c1ccc(Oc3ccccc3)cc1)cn2C1CCC2(CC1)CCN(C(=O)OCc1ccccc1)CC2.Nc1ncnc2c1c(-c1ccc(Oc3ccccc3)cc1)cn2C1CCC2(CCNCC2)CC1. The van der Waals surface area contributed by atoms with Crippen LogP contribution in [0, 0.1) is 10.8 Å². The molecule has 422 valence electrons. The zero-order valence-electron chi connectivity index (χ0n) is 45.9. The van der Waals surface area contributed by atoms with E-state index in [1.165, 1.54) is 38.5 Å². The van der Waals surface area contributed by atoms with Crippen LogP contribution in [-0.2, 0) is 11.3 Å². The van der Waals surface area contributed by atoms with Crippen molar-refractivity contribution in [1.29, 1.82) is 0 Å². The third-order valence-electron chi connectivity index (χ3n) is 17.3. The first-order valence-electron chi connectivity index (χ1n) is 28.5. The van der Waals surface area contributed by atoms with Crippen molar-refractivity contribution in [3.8, 4) is 45.3 Å². The maximum atomic E-state index is 12.7. The number of hydrogen-bond acceptors (Lipinski definition) is 11. The number of nitrogens with one attached hydrogen (secondary N) is 1. The lowest BCUT2D eigenvalue weighted by atomic mass is 9.67. The Morgan fingerprint density at radius 3 is 1.35 bits per heavy atom. The van der Waals surface area contributed by atoms with E-state index in [4.69, 9.17) is 30.7 Å². The monoisotopic (exact) mass is 1290 g/mol. The van der Waals surface area contributed by atoms with Crippen molar-refractivity contribution >= 4 is 90.3 Å². The molecular formula is C64H68BBr3N10O4. The Kier molecular flexibility index (Phi) is 18.3. The molecule has 0 atom stereocenters. The minimum absolute atomic E-state index is 0.208. The molecule has 4 aromatic heterocycles. The van der Waals surface area contributed by atoms with Gasteiger partial charge in [0.05, 0.1) is 10.8 Å². The number of piperidine rings is 2. The molecule has 2 saturated heterocycles. The van der Waals surface area contributed by atoms with Crippen molar-refractivity contribution in [2.75, 3.05) is 37.6 Å². The van der Waals surface area contributed by atoms with Gasteiger partial charge in [0.2, 0.25) is 0 Å². The van der Waals surface area contributed by atoms with Crippen molar-refractivity contribution in [2.45, 2.75) is 95.7 Å². The number of halogens is 3. The van der Waals surface area contributed by atoms with Gasteiger partial charge in [-0.25, -0.2) is 24.7 Å². The quantitative estimate of drug-likeness (QED) is 0.111. The van der Waals surface area contributed by atoms with Crippen LogP contribution in [-0.4, -0.2) is 69.4 Å². The molecule has 2 aliphatic heterocycles. The maximum absolute atomic E-state index is 12.7. The van der Waals surface area contributed by atoms with Crippen LogP contribution >= 0.6 is 47.3 Å². The topological polar surface area (TPSA) is 173 Å². The number of anilines is 2. The fourth-order valence-corrected chi connectivity index (χ4v) is 12.8. The Labute approximate surface area is 504 Å². The molecule has 2 spiro atoms. The van der Waals surface area contributed by atoms with Crippen LogP contribution in [0.25, 0.3) is 44.3 Å². The normalized spacial score (nSPS) is 17.5. The van der Waals surface area contributed by atoms with Crippen molar-refractivity contribution in [3.63, 3.8) is 0 Å². The van der Waals surface area contributed by atoms with E-state index in [9.17, 15) is 4.79 Å². The maximum Gasteiger partial charge on any atom is 0.410 e. The molecule has 5 N–H and O–H groups in total. The van der Waals surface area contributed by atoms with Gasteiger partial charge < -0.3 is 45.0 Å². The number of amides is 1. The molecule has 82 heavy (non-hydrogen) atoms. The molecule has 1 amide bonds. The zero-order valence-corrected chi connectivity index (χ0v) is 50.7. The number of nitrogen functional groups attached to an aromatic ring is 2. The summed E-state index contributed by atoms with van der Waals surface area (Å²) in [5, 5.41) is 5.36. The van der Waals surface area contributed by atoms with E-state index in [-0.39, 0.29) is 14.7 Å². The second-order valence-electron chi connectivity index (χ2n) is 22.2. The molecule has 0 radical (unpaired) electrons. The molecule has 9 aromatic rings.